The molecule has 1 unspecified atom stereocenters. The second-order valence-electron chi connectivity index (χ2n) is 5.42. The summed E-state index contributed by atoms with van der Waals surface area (Å²) in [5, 5.41) is 3.87. The van der Waals surface area contributed by atoms with Crippen LogP contribution in [0, 0.1) is 5.92 Å². The lowest BCUT2D eigenvalue weighted by atomic mass is 9.83. The Morgan fingerprint density at radius 2 is 2.07 bits per heavy atom. The van der Waals surface area contributed by atoms with E-state index in [2.05, 4.69) is 12.2 Å². The van der Waals surface area contributed by atoms with Gasteiger partial charge in [-0.05, 0) is 38.1 Å². The van der Waals surface area contributed by atoms with Crippen LogP contribution in [0.2, 0.25) is 0 Å². The highest BCUT2D eigenvalue weighted by molar-refractivity contribution is 4.94. The van der Waals surface area contributed by atoms with Crippen molar-refractivity contribution < 1.29 is 0 Å². The molecule has 14 heavy (non-hydrogen) atoms. The average Bonchev–Trinajstić information content (AvgIpc) is 2.95. The van der Waals surface area contributed by atoms with Gasteiger partial charge in [0.1, 0.15) is 0 Å². The number of nitrogens with one attached hydrogen (secondary N) is 1. The van der Waals surface area contributed by atoms with Crippen molar-refractivity contribution in [3.05, 3.63) is 0 Å². The maximum absolute atomic E-state index is 3.87. The van der Waals surface area contributed by atoms with E-state index in [9.17, 15) is 0 Å². The third kappa shape index (κ3) is 2.73. The van der Waals surface area contributed by atoms with E-state index in [4.69, 9.17) is 0 Å². The number of hydrogen-bond acceptors (Lipinski definition) is 1. The molecule has 0 bridgehead atoms. The van der Waals surface area contributed by atoms with Gasteiger partial charge >= 0.3 is 0 Å². The minimum absolute atomic E-state index is 0.548. The lowest BCUT2D eigenvalue weighted by molar-refractivity contribution is 0.257. The van der Waals surface area contributed by atoms with Gasteiger partial charge in [0.2, 0.25) is 0 Å². The quantitative estimate of drug-likeness (QED) is 0.724. The van der Waals surface area contributed by atoms with Crippen LogP contribution in [0.25, 0.3) is 0 Å². The summed E-state index contributed by atoms with van der Waals surface area (Å²) in [5.74, 6) is 1.08. The van der Waals surface area contributed by atoms with E-state index >= 15 is 0 Å². The molecule has 2 aliphatic rings. The minimum Gasteiger partial charge on any atom is -0.311 e. The summed E-state index contributed by atoms with van der Waals surface area (Å²) in [6.07, 6.45) is 13.0. The topological polar surface area (TPSA) is 12.0 Å². The van der Waals surface area contributed by atoms with Crippen molar-refractivity contribution in [1.29, 1.82) is 0 Å². The average molecular weight is 195 g/mol. The standard InChI is InChI=1S/C13H25N/c1-2-8-13(11-12-6-7-12)9-4-3-5-10-14-13/h12,14H,2-11H2,1H3. The Morgan fingerprint density at radius 1 is 1.21 bits per heavy atom. The van der Waals surface area contributed by atoms with E-state index in [1.807, 2.05) is 0 Å². The monoisotopic (exact) mass is 195 g/mol. The fraction of sp³-hybridized carbons (Fsp3) is 1.00. The van der Waals surface area contributed by atoms with E-state index in [-0.39, 0.29) is 0 Å². The van der Waals surface area contributed by atoms with Crippen molar-refractivity contribution >= 4 is 0 Å². The Hall–Kier alpha value is -0.0400. The third-order valence-electron chi connectivity index (χ3n) is 3.94. The molecule has 0 radical (unpaired) electrons. The van der Waals surface area contributed by atoms with Gasteiger partial charge < -0.3 is 5.32 Å². The molecule has 0 amide bonds. The van der Waals surface area contributed by atoms with Gasteiger partial charge in [0, 0.05) is 5.54 Å². The normalized spacial score (nSPS) is 34.1. The zero-order chi connectivity index (χ0) is 9.86. The molecular formula is C13H25N. The van der Waals surface area contributed by atoms with Crippen LogP contribution in [-0.4, -0.2) is 12.1 Å². The first-order valence-corrected chi connectivity index (χ1v) is 6.60. The summed E-state index contributed by atoms with van der Waals surface area (Å²) >= 11 is 0. The predicted octanol–water partition coefficient (Wildman–Crippen LogP) is 3.49. The maximum Gasteiger partial charge on any atom is 0.0184 e. The molecule has 2 rings (SSSR count). The van der Waals surface area contributed by atoms with Gasteiger partial charge in [-0.3, -0.25) is 0 Å². The SMILES string of the molecule is CCCC1(CC2CC2)CCCCCN1. The van der Waals surface area contributed by atoms with E-state index in [1.54, 1.807) is 0 Å². The minimum atomic E-state index is 0.548. The summed E-state index contributed by atoms with van der Waals surface area (Å²) in [5.41, 5.74) is 0.548. The van der Waals surface area contributed by atoms with Crippen molar-refractivity contribution in [2.45, 2.75) is 70.3 Å². The van der Waals surface area contributed by atoms with Gasteiger partial charge in [-0.25, -0.2) is 0 Å². The van der Waals surface area contributed by atoms with Gasteiger partial charge in [-0.1, -0.05) is 39.0 Å². The molecule has 0 spiro atoms. The molecular weight excluding hydrogens is 170 g/mol. The third-order valence-corrected chi connectivity index (χ3v) is 3.94. The van der Waals surface area contributed by atoms with Gasteiger partial charge in [-0.2, -0.15) is 0 Å². The first-order chi connectivity index (χ1) is 6.85. The van der Waals surface area contributed by atoms with Crippen LogP contribution in [0.15, 0.2) is 0 Å². The molecule has 0 aromatic heterocycles. The second kappa shape index (κ2) is 4.65. The van der Waals surface area contributed by atoms with E-state index in [0.29, 0.717) is 5.54 Å². The molecule has 1 aliphatic carbocycles. The maximum atomic E-state index is 3.87. The lowest BCUT2D eigenvalue weighted by Crippen LogP contribution is -2.45. The highest BCUT2D eigenvalue weighted by Crippen LogP contribution is 2.40. The molecule has 1 nitrogen and oxygen atoms in total. The van der Waals surface area contributed by atoms with Crippen LogP contribution < -0.4 is 5.32 Å². The van der Waals surface area contributed by atoms with Gasteiger partial charge in [-0.15, -0.1) is 0 Å². The summed E-state index contributed by atoms with van der Waals surface area (Å²) in [7, 11) is 0. The predicted molar refractivity (Wildman–Crippen MR) is 61.5 cm³/mol. The summed E-state index contributed by atoms with van der Waals surface area (Å²) < 4.78 is 0. The molecule has 1 atom stereocenters. The summed E-state index contributed by atoms with van der Waals surface area (Å²) in [6.45, 7) is 3.61. The fourth-order valence-corrected chi connectivity index (χ4v) is 3.05. The molecule has 1 aliphatic heterocycles. The number of rotatable bonds is 4. The van der Waals surface area contributed by atoms with Gasteiger partial charge in [0.15, 0.2) is 0 Å². The Bertz CT molecular complexity index is 164. The highest BCUT2D eigenvalue weighted by Gasteiger charge is 2.36. The molecule has 1 heterocycles. The van der Waals surface area contributed by atoms with Gasteiger partial charge in [0.25, 0.3) is 0 Å². The molecule has 1 heteroatoms. The smallest absolute Gasteiger partial charge is 0.0184 e. The van der Waals surface area contributed by atoms with E-state index in [0.717, 1.165) is 5.92 Å². The van der Waals surface area contributed by atoms with Crippen LogP contribution in [-0.2, 0) is 0 Å². The largest absolute Gasteiger partial charge is 0.311 e. The molecule has 1 saturated heterocycles. The van der Waals surface area contributed by atoms with E-state index in [1.165, 1.54) is 64.3 Å². The lowest BCUT2D eigenvalue weighted by Gasteiger charge is -2.34. The summed E-state index contributed by atoms with van der Waals surface area (Å²) in [4.78, 5) is 0. The second-order valence-corrected chi connectivity index (χ2v) is 5.42. The number of hydrogen-bond donors (Lipinski definition) is 1. The van der Waals surface area contributed by atoms with Crippen LogP contribution in [0.3, 0.4) is 0 Å². The molecule has 2 fully saturated rings. The molecule has 82 valence electrons. The Kier molecular flexibility index (Phi) is 3.48. The molecule has 0 aromatic carbocycles. The summed E-state index contributed by atoms with van der Waals surface area (Å²) in [6, 6.07) is 0. The Balaban J connectivity index is 1.93. The van der Waals surface area contributed by atoms with Crippen molar-refractivity contribution in [1.82, 2.24) is 5.32 Å². The molecule has 1 saturated carbocycles. The van der Waals surface area contributed by atoms with Gasteiger partial charge in [0.05, 0.1) is 0 Å². The van der Waals surface area contributed by atoms with Crippen LogP contribution in [0.5, 0.6) is 0 Å². The van der Waals surface area contributed by atoms with Crippen LogP contribution in [0.1, 0.15) is 64.7 Å². The van der Waals surface area contributed by atoms with Crippen molar-refractivity contribution in [2.75, 3.05) is 6.54 Å². The Morgan fingerprint density at radius 3 is 2.79 bits per heavy atom. The first-order valence-electron chi connectivity index (χ1n) is 6.60. The van der Waals surface area contributed by atoms with E-state index < -0.39 is 0 Å². The van der Waals surface area contributed by atoms with Crippen molar-refractivity contribution in [3.8, 4) is 0 Å². The molecule has 1 N–H and O–H groups in total. The van der Waals surface area contributed by atoms with Crippen molar-refractivity contribution in [3.63, 3.8) is 0 Å². The van der Waals surface area contributed by atoms with Crippen molar-refractivity contribution in [2.24, 2.45) is 5.92 Å². The first kappa shape index (κ1) is 10.5. The zero-order valence-corrected chi connectivity index (χ0v) is 9.65. The zero-order valence-electron chi connectivity index (χ0n) is 9.65. The molecule has 0 aromatic rings. The highest BCUT2D eigenvalue weighted by atomic mass is 15.0. The Labute approximate surface area is 88.7 Å². The van der Waals surface area contributed by atoms with Crippen LogP contribution >= 0.6 is 0 Å². The fourth-order valence-electron chi connectivity index (χ4n) is 3.05. The van der Waals surface area contributed by atoms with Crippen LogP contribution in [0.4, 0.5) is 0 Å².